The molecule has 0 N–H and O–H groups in total. The Hall–Kier alpha value is -3.00. The first-order valence-electron chi connectivity index (χ1n) is 7.93. The minimum Gasteiger partial charge on any atom is -0.328 e. The molecule has 0 aromatic carbocycles. The SMILES string of the molecule is C=CCN(Cc1cccs1)C(=O)c1ccc2c(=O)n(C)c(=O)n(C)c2n1. The van der Waals surface area contributed by atoms with Crippen molar-refractivity contribution in [3.8, 4) is 0 Å². The van der Waals surface area contributed by atoms with Gasteiger partial charge in [0.05, 0.1) is 11.9 Å². The molecule has 3 aromatic heterocycles. The van der Waals surface area contributed by atoms with Gasteiger partial charge >= 0.3 is 5.69 Å². The first-order valence-corrected chi connectivity index (χ1v) is 8.81. The number of aryl methyl sites for hydroxylation is 1. The van der Waals surface area contributed by atoms with Crippen LogP contribution in [0.2, 0.25) is 0 Å². The Bertz CT molecular complexity index is 1100. The summed E-state index contributed by atoms with van der Waals surface area (Å²) in [6.07, 6.45) is 1.65. The molecule has 7 nitrogen and oxygen atoms in total. The van der Waals surface area contributed by atoms with Crippen LogP contribution < -0.4 is 11.2 Å². The number of aromatic nitrogens is 3. The molecule has 0 saturated carbocycles. The molecule has 0 spiro atoms. The second kappa shape index (κ2) is 7.09. The fraction of sp³-hybridized carbons (Fsp3) is 0.222. The number of carbonyl (C=O) groups excluding carboxylic acids is 1. The molecule has 0 radical (unpaired) electrons. The fourth-order valence-corrected chi connectivity index (χ4v) is 3.42. The lowest BCUT2D eigenvalue weighted by Gasteiger charge is -2.20. The van der Waals surface area contributed by atoms with E-state index in [2.05, 4.69) is 11.6 Å². The van der Waals surface area contributed by atoms with Crippen LogP contribution in [-0.4, -0.2) is 31.5 Å². The molecular weight excluding hydrogens is 352 g/mol. The van der Waals surface area contributed by atoms with E-state index in [4.69, 9.17) is 0 Å². The maximum absolute atomic E-state index is 12.9. The van der Waals surface area contributed by atoms with Crippen molar-refractivity contribution in [2.45, 2.75) is 6.54 Å². The van der Waals surface area contributed by atoms with Gasteiger partial charge in [0.25, 0.3) is 11.5 Å². The number of hydrogen-bond acceptors (Lipinski definition) is 5. The van der Waals surface area contributed by atoms with Gasteiger partial charge in [-0.1, -0.05) is 12.1 Å². The van der Waals surface area contributed by atoms with Crippen LogP contribution >= 0.6 is 11.3 Å². The predicted molar refractivity (Wildman–Crippen MR) is 101 cm³/mol. The molecule has 0 aliphatic carbocycles. The molecule has 0 atom stereocenters. The summed E-state index contributed by atoms with van der Waals surface area (Å²) in [5, 5.41) is 2.24. The summed E-state index contributed by atoms with van der Waals surface area (Å²) in [6.45, 7) is 4.51. The molecule has 8 heteroatoms. The Labute approximate surface area is 153 Å². The zero-order chi connectivity index (χ0) is 18.8. The Morgan fingerprint density at radius 1 is 1.27 bits per heavy atom. The van der Waals surface area contributed by atoms with Crippen molar-refractivity contribution in [1.29, 1.82) is 0 Å². The van der Waals surface area contributed by atoms with Gasteiger partial charge in [0.1, 0.15) is 11.3 Å². The lowest BCUT2D eigenvalue weighted by atomic mass is 10.2. The van der Waals surface area contributed by atoms with Crippen molar-refractivity contribution < 1.29 is 4.79 Å². The number of pyridine rings is 1. The van der Waals surface area contributed by atoms with Gasteiger partial charge in [-0.05, 0) is 23.6 Å². The molecule has 1 amide bonds. The molecule has 3 rings (SSSR count). The van der Waals surface area contributed by atoms with E-state index in [1.165, 1.54) is 30.8 Å². The quantitative estimate of drug-likeness (QED) is 0.638. The van der Waals surface area contributed by atoms with Crippen LogP contribution in [0.1, 0.15) is 15.4 Å². The average molecular weight is 370 g/mol. The molecule has 0 unspecified atom stereocenters. The number of thiophene rings is 1. The van der Waals surface area contributed by atoms with Crippen molar-refractivity contribution in [2.75, 3.05) is 6.54 Å². The Morgan fingerprint density at radius 2 is 2.04 bits per heavy atom. The molecule has 0 aliphatic rings. The van der Waals surface area contributed by atoms with Gasteiger partial charge in [-0.3, -0.25) is 18.7 Å². The molecular formula is C18H18N4O3S. The van der Waals surface area contributed by atoms with E-state index in [0.717, 1.165) is 9.44 Å². The van der Waals surface area contributed by atoms with E-state index in [-0.39, 0.29) is 17.2 Å². The smallest absolute Gasteiger partial charge is 0.328 e. The zero-order valence-corrected chi connectivity index (χ0v) is 15.3. The summed E-state index contributed by atoms with van der Waals surface area (Å²) in [6, 6.07) is 6.93. The second-order valence-electron chi connectivity index (χ2n) is 5.83. The summed E-state index contributed by atoms with van der Waals surface area (Å²) < 4.78 is 2.29. The standard InChI is InChI=1S/C18H18N4O3S/c1-4-9-22(11-12-6-5-10-26-12)17(24)14-8-7-13-15(19-14)20(2)18(25)21(3)16(13)23/h4-8,10H,1,9,11H2,2-3H3. The molecule has 0 fully saturated rings. The van der Waals surface area contributed by atoms with Crippen molar-refractivity contribution in [3.63, 3.8) is 0 Å². The number of nitrogens with zero attached hydrogens (tertiary/aromatic N) is 4. The summed E-state index contributed by atoms with van der Waals surface area (Å²) in [4.78, 5) is 44.2. The van der Waals surface area contributed by atoms with E-state index in [0.29, 0.717) is 18.5 Å². The minimum atomic E-state index is -0.485. The third kappa shape index (κ3) is 3.11. The van der Waals surface area contributed by atoms with Crippen LogP contribution in [0.15, 0.2) is 51.9 Å². The number of hydrogen-bond donors (Lipinski definition) is 0. The Kier molecular flexibility index (Phi) is 4.85. The van der Waals surface area contributed by atoms with Crippen LogP contribution in [0.5, 0.6) is 0 Å². The van der Waals surface area contributed by atoms with Crippen LogP contribution in [0, 0.1) is 0 Å². The monoisotopic (exact) mass is 370 g/mol. The van der Waals surface area contributed by atoms with E-state index < -0.39 is 11.2 Å². The van der Waals surface area contributed by atoms with Crippen LogP contribution in [0.3, 0.4) is 0 Å². The molecule has 26 heavy (non-hydrogen) atoms. The minimum absolute atomic E-state index is 0.180. The first kappa shape index (κ1) is 17.8. The number of fused-ring (bicyclic) bond motifs is 1. The van der Waals surface area contributed by atoms with E-state index >= 15 is 0 Å². The van der Waals surface area contributed by atoms with Gasteiger partial charge in [-0.25, -0.2) is 9.78 Å². The molecule has 3 aromatic rings. The molecule has 0 aliphatic heterocycles. The van der Waals surface area contributed by atoms with Gasteiger partial charge in [-0.15, -0.1) is 17.9 Å². The average Bonchev–Trinajstić information content (AvgIpc) is 3.16. The van der Waals surface area contributed by atoms with E-state index in [1.807, 2.05) is 17.5 Å². The Morgan fingerprint density at radius 3 is 2.69 bits per heavy atom. The normalized spacial score (nSPS) is 10.8. The van der Waals surface area contributed by atoms with Crippen LogP contribution in [0.4, 0.5) is 0 Å². The fourth-order valence-electron chi connectivity index (χ4n) is 2.70. The number of amides is 1. The van der Waals surface area contributed by atoms with Gasteiger partial charge in [-0.2, -0.15) is 0 Å². The zero-order valence-electron chi connectivity index (χ0n) is 14.5. The summed E-state index contributed by atoms with van der Waals surface area (Å²) in [5.74, 6) is -0.284. The van der Waals surface area contributed by atoms with Crippen molar-refractivity contribution in [1.82, 2.24) is 19.0 Å². The maximum atomic E-state index is 12.9. The highest BCUT2D eigenvalue weighted by Gasteiger charge is 2.19. The Balaban J connectivity index is 2.05. The molecule has 134 valence electrons. The topological polar surface area (TPSA) is 77.2 Å². The van der Waals surface area contributed by atoms with Crippen LogP contribution in [-0.2, 0) is 20.6 Å². The molecule has 0 saturated heterocycles. The third-order valence-corrected chi connectivity index (χ3v) is 4.95. The summed E-state index contributed by atoms with van der Waals surface area (Å²) >= 11 is 1.56. The van der Waals surface area contributed by atoms with E-state index in [9.17, 15) is 14.4 Å². The first-order chi connectivity index (χ1) is 12.4. The molecule has 0 bridgehead atoms. The highest BCUT2D eigenvalue weighted by molar-refractivity contribution is 7.09. The van der Waals surface area contributed by atoms with Gasteiger partial charge < -0.3 is 4.90 Å². The van der Waals surface area contributed by atoms with Gasteiger partial charge in [0, 0.05) is 25.5 Å². The lowest BCUT2D eigenvalue weighted by molar-refractivity contribution is 0.0758. The molecule has 3 heterocycles. The van der Waals surface area contributed by atoms with Crippen molar-refractivity contribution in [2.24, 2.45) is 14.1 Å². The summed E-state index contributed by atoms with van der Waals surface area (Å²) in [7, 11) is 2.94. The number of carbonyl (C=O) groups is 1. The largest absolute Gasteiger partial charge is 0.332 e. The van der Waals surface area contributed by atoms with Crippen molar-refractivity contribution in [3.05, 3.63) is 73.7 Å². The van der Waals surface area contributed by atoms with Crippen molar-refractivity contribution >= 4 is 28.3 Å². The summed E-state index contributed by atoms with van der Waals surface area (Å²) in [5.41, 5.74) is -0.546. The van der Waals surface area contributed by atoms with E-state index in [1.54, 1.807) is 22.3 Å². The predicted octanol–water partition coefficient (Wildman–Crippen LogP) is 1.52. The van der Waals surface area contributed by atoms with Gasteiger partial charge in [0.2, 0.25) is 0 Å². The maximum Gasteiger partial charge on any atom is 0.332 e. The van der Waals surface area contributed by atoms with Crippen LogP contribution in [0.25, 0.3) is 11.0 Å². The van der Waals surface area contributed by atoms with Gasteiger partial charge in [0.15, 0.2) is 0 Å². The third-order valence-electron chi connectivity index (χ3n) is 4.08. The highest BCUT2D eigenvalue weighted by atomic mass is 32.1. The highest BCUT2D eigenvalue weighted by Crippen LogP contribution is 2.15. The lowest BCUT2D eigenvalue weighted by Crippen LogP contribution is -2.38. The second-order valence-corrected chi connectivity index (χ2v) is 6.86. The number of rotatable bonds is 5.